The van der Waals surface area contributed by atoms with Gasteiger partial charge in [-0.3, -0.25) is 4.79 Å². The van der Waals surface area contributed by atoms with Crippen LogP contribution in [0.1, 0.15) is 44.9 Å². The minimum absolute atomic E-state index is 0.164. The lowest BCUT2D eigenvalue weighted by Gasteiger charge is -2.11. The molecule has 0 aromatic heterocycles. The molecule has 0 aromatic rings. The largest absolute Gasteiger partial charge is 0.481 e. The topological polar surface area (TPSA) is 37.3 Å². The normalized spacial score (nSPS) is 17.0. The quantitative estimate of drug-likeness (QED) is 0.468. The molecule has 0 spiro atoms. The minimum atomic E-state index is -0.635. The van der Waals surface area contributed by atoms with E-state index in [0.717, 1.165) is 25.0 Å². The van der Waals surface area contributed by atoms with Gasteiger partial charge in [0.05, 0.1) is 6.42 Å². The standard InChI is InChI=1S/C13H22O2S/c1-2-3-4-5-6-9-16-11-13(7-8-13)10-12(14)15/h2H,1,3-11H2,(H,14,15). The molecule has 1 fully saturated rings. The molecular weight excluding hydrogens is 220 g/mol. The van der Waals surface area contributed by atoms with Gasteiger partial charge < -0.3 is 5.11 Å². The highest BCUT2D eigenvalue weighted by atomic mass is 32.2. The van der Waals surface area contributed by atoms with E-state index in [1.807, 2.05) is 17.8 Å². The number of hydrogen-bond donors (Lipinski definition) is 1. The summed E-state index contributed by atoms with van der Waals surface area (Å²) in [6.07, 6.45) is 9.45. The predicted octanol–water partition coefficient (Wildman–Crippen LogP) is 3.72. The summed E-state index contributed by atoms with van der Waals surface area (Å²) in [6, 6.07) is 0. The molecule has 0 unspecified atom stereocenters. The third kappa shape index (κ3) is 5.59. The Kier molecular flexibility index (Phi) is 5.96. The number of hydrogen-bond acceptors (Lipinski definition) is 2. The summed E-state index contributed by atoms with van der Waals surface area (Å²) < 4.78 is 0. The van der Waals surface area contributed by atoms with Gasteiger partial charge in [0.1, 0.15) is 0 Å². The molecule has 1 rings (SSSR count). The maximum absolute atomic E-state index is 10.6. The lowest BCUT2D eigenvalue weighted by atomic mass is 10.1. The first kappa shape index (κ1) is 13.6. The molecule has 1 aliphatic carbocycles. The zero-order valence-electron chi connectivity index (χ0n) is 9.91. The summed E-state index contributed by atoms with van der Waals surface area (Å²) >= 11 is 1.93. The van der Waals surface area contributed by atoms with E-state index < -0.39 is 5.97 Å². The van der Waals surface area contributed by atoms with Gasteiger partial charge in [-0.25, -0.2) is 0 Å². The van der Waals surface area contributed by atoms with Crippen LogP contribution in [0.25, 0.3) is 0 Å². The van der Waals surface area contributed by atoms with E-state index in [9.17, 15) is 4.79 Å². The van der Waals surface area contributed by atoms with Gasteiger partial charge >= 0.3 is 5.97 Å². The Morgan fingerprint density at radius 3 is 2.69 bits per heavy atom. The Bertz CT molecular complexity index is 234. The molecule has 0 amide bonds. The van der Waals surface area contributed by atoms with Crippen molar-refractivity contribution in [2.45, 2.75) is 44.9 Å². The summed E-state index contributed by atoms with van der Waals surface area (Å²) in [5, 5.41) is 8.77. The third-order valence-corrected chi connectivity index (χ3v) is 4.48. The van der Waals surface area contributed by atoms with E-state index in [0.29, 0.717) is 6.42 Å². The molecule has 1 saturated carbocycles. The first-order valence-corrected chi connectivity index (χ1v) is 7.24. The van der Waals surface area contributed by atoms with Crippen molar-refractivity contribution < 1.29 is 9.90 Å². The van der Waals surface area contributed by atoms with E-state index >= 15 is 0 Å². The highest BCUT2D eigenvalue weighted by Gasteiger charge is 2.43. The highest BCUT2D eigenvalue weighted by molar-refractivity contribution is 7.99. The van der Waals surface area contributed by atoms with Crippen LogP contribution in [0.2, 0.25) is 0 Å². The third-order valence-electron chi connectivity index (χ3n) is 3.09. The first-order valence-electron chi connectivity index (χ1n) is 6.09. The van der Waals surface area contributed by atoms with Crippen LogP contribution in [-0.2, 0) is 4.79 Å². The number of carboxylic acid groups (broad SMARTS) is 1. The number of carboxylic acids is 1. The minimum Gasteiger partial charge on any atom is -0.481 e. The lowest BCUT2D eigenvalue weighted by Crippen LogP contribution is -2.11. The molecule has 1 N–H and O–H groups in total. The zero-order chi connectivity index (χ0) is 11.9. The fourth-order valence-electron chi connectivity index (χ4n) is 1.83. The number of aliphatic carboxylic acids is 1. The van der Waals surface area contributed by atoms with E-state index in [1.165, 1.54) is 25.0 Å². The smallest absolute Gasteiger partial charge is 0.303 e. The van der Waals surface area contributed by atoms with E-state index in [2.05, 4.69) is 6.58 Å². The maximum Gasteiger partial charge on any atom is 0.303 e. The molecule has 2 nitrogen and oxygen atoms in total. The van der Waals surface area contributed by atoms with Crippen molar-refractivity contribution in [3.8, 4) is 0 Å². The molecule has 1 aliphatic rings. The molecule has 0 saturated heterocycles. The zero-order valence-corrected chi connectivity index (χ0v) is 10.7. The monoisotopic (exact) mass is 242 g/mol. The van der Waals surface area contributed by atoms with Gasteiger partial charge in [0.2, 0.25) is 0 Å². The summed E-state index contributed by atoms with van der Waals surface area (Å²) in [4.78, 5) is 10.6. The van der Waals surface area contributed by atoms with Crippen molar-refractivity contribution in [1.82, 2.24) is 0 Å². The average molecular weight is 242 g/mol. The van der Waals surface area contributed by atoms with Crippen LogP contribution in [-0.4, -0.2) is 22.6 Å². The van der Waals surface area contributed by atoms with Crippen molar-refractivity contribution >= 4 is 17.7 Å². The second-order valence-electron chi connectivity index (χ2n) is 4.76. The van der Waals surface area contributed by atoms with E-state index in [-0.39, 0.29) is 5.41 Å². The number of allylic oxidation sites excluding steroid dienone is 1. The van der Waals surface area contributed by atoms with Crippen molar-refractivity contribution in [2.24, 2.45) is 5.41 Å². The molecule has 0 aromatic carbocycles. The van der Waals surface area contributed by atoms with Crippen molar-refractivity contribution in [2.75, 3.05) is 11.5 Å². The number of carbonyl (C=O) groups is 1. The maximum atomic E-state index is 10.6. The van der Waals surface area contributed by atoms with Gasteiger partial charge in [-0.1, -0.05) is 12.5 Å². The van der Waals surface area contributed by atoms with Gasteiger partial charge in [-0.15, -0.1) is 6.58 Å². The van der Waals surface area contributed by atoms with Crippen LogP contribution in [0, 0.1) is 5.41 Å². The summed E-state index contributed by atoms with van der Waals surface area (Å²) in [6.45, 7) is 3.70. The highest BCUT2D eigenvalue weighted by Crippen LogP contribution is 2.51. The fourth-order valence-corrected chi connectivity index (χ4v) is 3.20. The Labute approximate surface area is 103 Å². The van der Waals surface area contributed by atoms with Crippen LogP contribution in [0.3, 0.4) is 0 Å². The van der Waals surface area contributed by atoms with Crippen LogP contribution in [0.4, 0.5) is 0 Å². The summed E-state index contributed by atoms with van der Waals surface area (Å²) in [5.41, 5.74) is 0.164. The lowest BCUT2D eigenvalue weighted by molar-refractivity contribution is -0.138. The van der Waals surface area contributed by atoms with Gasteiger partial charge in [0, 0.05) is 0 Å². The second-order valence-corrected chi connectivity index (χ2v) is 5.87. The number of rotatable bonds is 10. The number of thioether (sulfide) groups is 1. The number of unbranched alkanes of at least 4 members (excludes halogenated alkanes) is 3. The van der Waals surface area contributed by atoms with Crippen LogP contribution in [0.5, 0.6) is 0 Å². The van der Waals surface area contributed by atoms with E-state index in [1.54, 1.807) is 0 Å². The SMILES string of the molecule is C=CCCCCCSCC1(CC(=O)O)CC1. The van der Waals surface area contributed by atoms with Gasteiger partial charge in [-0.2, -0.15) is 11.8 Å². The van der Waals surface area contributed by atoms with Crippen LogP contribution in [0.15, 0.2) is 12.7 Å². The first-order chi connectivity index (χ1) is 7.68. The van der Waals surface area contributed by atoms with Crippen LogP contribution >= 0.6 is 11.8 Å². The van der Waals surface area contributed by atoms with Gasteiger partial charge in [0.25, 0.3) is 0 Å². The molecule has 16 heavy (non-hydrogen) atoms. The Morgan fingerprint density at radius 1 is 1.38 bits per heavy atom. The Balaban J connectivity index is 1.95. The van der Waals surface area contributed by atoms with Gasteiger partial charge in [-0.05, 0) is 49.0 Å². The van der Waals surface area contributed by atoms with Crippen molar-refractivity contribution in [3.05, 3.63) is 12.7 Å². The van der Waals surface area contributed by atoms with Crippen LogP contribution < -0.4 is 0 Å². The average Bonchev–Trinajstić information content (AvgIpc) is 2.96. The van der Waals surface area contributed by atoms with Crippen molar-refractivity contribution in [1.29, 1.82) is 0 Å². The summed E-state index contributed by atoms with van der Waals surface area (Å²) in [7, 11) is 0. The Hall–Kier alpha value is -0.440. The molecule has 0 aliphatic heterocycles. The molecule has 0 heterocycles. The van der Waals surface area contributed by atoms with E-state index in [4.69, 9.17) is 5.11 Å². The molecule has 0 bridgehead atoms. The van der Waals surface area contributed by atoms with Crippen molar-refractivity contribution in [3.63, 3.8) is 0 Å². The molecule has 0 atom stereocenters. The van der Waals surface area contributed by atoms with Gasteiger partial charge in [0.15, 0.2) is 0 Å². The molecule has 92 valence electrons. The summed E-state index contributed by atoms with van der Waals surface area (Å²) in [5.74, 6) is 1.59. The fraction of sp³-hybridized carbons (Fsp3) is 0.769. The Morgan fingerprint density at radius 2 is 2.12 bits per heavy atom. The second kappa shape index (κ2) is 7.00. The predicted molar refractivity (Wildman–Crippen MR) is 69.9 cm³/mol. The molecular formula is C13H22O2S. The molecule has 0 radical (unpaired) electrons. The molecule has 3 heteroatoms.